The number of benzene rings is 1. The molecule has 106 valence electrons. The lowest BCUT2D eigenvalue weighted by Crippen LogP contribution is -2.49. The first-order valence-electron chi connectivity index (χ1n) is 6.20. The quantitative estimate of drug-likeness (QED) is 0.892. The van der Waals surface area contributed by atoms with Crippen molar-refractivity contribution in [2.24, 2.45) is 11.7 Å². The summed E-state index contributed by atoms with van der Waals surface area (Å²) in [5.74, 6) is 0.0184. The van der Waals surface area contributed by atoms with Gasteiger partial charge in [0.05, 0.1) is 0 Å². The fourth-order valence-electron chi connectivity index (χ4n) is 2.04. The molecule has 3 N–H and O–H groups in total. The number of halogens is 2. The molecule has 1 fully saturated rings. The van der Waals surface area contributed by atoms with Crippen LogP contribution in [0.4, 0.5) is 4.39 Å². The standard InChI is InChI=1S/C14H19FN2O.ClH/c1-14(2,8-16)17-13(18)12-7-11(12)9-3-5-10(15)6-4-9;/h3-6,11-12H,7-8,16H2,1-2H3,(H,17,18);1H. The van der Waals surface area contributed by atoms with Gasteiger partial charge >= 0.3 is 0 Å². The highest BCUT2D eigenvalue weighted by molar-refractivity contribution is 5.85. The number of carbonyl (C=O) groups excluding carboxylic acids is 1. The SMILES string of the molecule is CC(C)(CN)NC(=O)C1CC1c1ccc(F)cc1.Cl. The molecule has 3 nitrogen and oxygen atoms in total. The van der Waals surface area contributed by atoms with Gasteiger partial charge in [-0.15, -0.1) is 12.4 Å². The first kappa shape index (κ1) is 15.9. The number of carbonyl (C=O) groups is 1. The van der Waals surface area contributed by atoms with Crippen molar-refractivity contribution in [1.29, 1.82) is 0 Å². The second-order valence-corrected chi connectivity index (χ2v) is 5.58. The van der Waals surface area contributed by atoms with Crippen molar-refractivity contribution in [1.82, 2.24) is 5.32 Å². The Labute approximate surface area is 119 Å². The molecule has 1 amide bonds. The van der Waals surface area contributed by atoms with E-state index in [1.54, 1.807) is 12.1 Å². The van der Waals surface area contributed by atoms with E-state index in [2.05, 4.69) is 5.32 Å². The van der Waals surface area contributed by atoms with Crippen LogP contribution in [0.1, 0.15) is 31.7 Å². The van der Waals surface area contributed by atoms with Gasteiger partial charge in [0.25, 0.3) is 0 Å². The number of nitrogens with one attached hydrogen (secondary N) is 1. The highest BCUT2D eigenvalue weighted by Crippen LogP contribution is 2.47. The van der Waals surface area contributed by atoms with E-state index in [4.69, 9.17) is 5.73 Å². The van der Waals surface area contributed by atoms with Crippen molar-refractivity contribution >= 4 is 18.3 Å². The van der Waals surface area contributed by atoms with Crippen molar-refractivity contribution in [3.8, 4) is 0 Å². The minimum absolute atomic E-state index is 0. The monoisotopic (exact) mass is 286 g/mol. The minimum atomic E-state index is -0.368. The van der Waals surface area contributed by atoms with Gasteiger partial charge in [0.15, 0.2) is 0 Å². The van der Waals surface area contributed by atoms with Crippen LogP contribution < -0.4 is 11.1 Å². The third-order valence-corrected chi connectivity index (χ3v) is 3.40. The molecule has 0 aliphatic heterocycles. The van der Waals surface area contributed by atoms with Crippen LogP contribution in [0.15, 0.2) is 24.3 Å². The fraction of sp³-hybridized carbons (Fsp3) is 0.500. The summed E-state index contributed by atoms with van der Waals surface area (Å²) in [7, 11) is 0. The van der Waals surface area contributed by atoms with Crippen LogP contribution >= 0.6 is 12.4 Å². The molecule has 1 aromatic rings. The smallest absolute Gasteiger partial charge is 0.224 e. The Morgan fingerprint density at radius 1 is 1.42 bits per heavy atom. The second kappa shape index (κ2) is 5.88. The van der Waals surface area contributed by atoms with E-state index >= 15 is 0 Å². The van der Waals surface area contributed by atoms with Crippen molar-refractivity contribution in [3.05, 3.63) is 35.6 Å². The van der Waals surface area contributed by atoms with Crippen LogP contribution in [-0.2, 0) is 4.79 Å². The van der Waals surface area contributed by atoms with Crippen molar-refractivity contribution < 1.29 is 9.18 Å². The van der Waals surface area contributed by atoms with Gasteiger partial charge < -0.3 is 11.1 Å². The summed E-state index contributed by atoms with van der Waals surface area (Å²) in [6.45, 7) is 4.22. The molecule has 0 radical (unpaired) electrons. The number of hydrogen-bond donors (Lipinski definition) is 2. The minimum Gasteiger partial charge on any atom is -0.350 e. The number of amides is 1. The zero-order valence-electron chi connectivity index (χ0n) is 11.2. The van der Waals surface area contributed by atoms with Gasteiger partial charge in [0.2, 0.25) is 5.91 Å². The van der Waals surface area contributed by atoms with Crippen molar-refractivity contribution in [2.45, 2.75) is 31.7 Å². The van der Waals surface area contributed by atoms with Crippen LogP contribution in [0.2, 0.25) is 0 Å². The summed E-state index contributed by atoms with van der Waals surface area (Å²) in [6, 6.07) is 6.38. The molecule has 1 aliphatic rings. The summed E-state index contributed by atoms with van der Waals surface area (Å²) in [6.07, 6.45) is 0.831. The molecule has 19 heavy (non-hydrogen) atoms. The molecule has 0 saturated heterocycles. The molecular weight excluding hydrogens is 267 g/mol. The molecule has 1 aromatic carbocycles. The Bertz CT molecular complexity index is 447. The molecule has 2 rings (SSSR count). The number of rotatable bonds is 4. The predicted molar refractivity (Wildman–Crippen MR) is 75.8 cm³/mol. The maximum Gasteiger partial charge on any atom is 0.224 e. The van der Waals surface area contributed by atoms with Crippen molar-refractivity contribution in [3.63, 3.8) is 0 Å². The summed E-state index contributed by atoms with van der Waals surface area (Å²) in [5.41, 5.74) is 6.24. The van der Waals surface area contributed by atoms with Crippen LogP contribution in [0.25, 0.3) is 0 Å². The van der Waals surface area contributed by atoms with Gasteiger partial charge in [-0.25, -0.2) is 4.39 Å². The van der Waals surface area contributed by atoms with Crippen molar-refractivity contribution in [2.75, 3.05) is 6.54 Å². The van der Waals surface area contributed by atoms with Crippen LogP contribution in [0, 0.1) is 11.7 Å². The van der Waals surface area contributed by atoms with Gasteiger partial charge in [-0.1, -0.05) is 12.1 Å². The molecule has 0 heterocycles. The molecule has 0 spiro atoms. The molecule has 2 unspecified atom stereocenters. The summed E-state index contributed by atoms with van der Waals surface area (Å²) in [4.78, 5) is 12.0. The Balaban J connectivity index is 0.00000180. The zero-order valence-corrected chi connectivity index (χ0v) is 12.0. The first-order valence-corrected chi connectivity index (χ1v) is 6.20. The topological polar surface area (TPSA) is 55.1 Å². The van der Waals surface area contributed by atoms with E-state index in [9.17, 15) is 9.18 Å². The summed E-state index contributed by atoms with van der Waals surface area (Å²) in [5, 5.41) is 2.94. The maximum atomic E-state index is 12.8. The maximum absolute atomic E-state index is 12.8. The lowest BCUT2D eigenvalue weighted by atomic mass is 10.0. The summed E-state index contributed by atoms with van der Waals surface area (Å²) >= 11 is 0. The van der Waals surface area contributed by atoms with Gasteiger partial charge in [-0.2, -0.15) is 0 Å². The highest BCUT2D eigenvalue weighted by Gasteiger charge is 2.44. The van der Waals surface area contributed by atoms with E-state index in [1.807, 2.05) is 13.8 Å². The van der Waals surface area contributed by atoms with Gasteiger partial charge in [0.1, 0.15) is 5.82 Å². The zero-order chi connectivity index (χ0) is 13.3. The van der Waals surface area contributed by atoms with Gasteiger partial charge in [0, 0.05) is 18.0 Å². The first-order chi connectivity index (χ1) is 8.43. The molecule has 2 atom stereocenters. The average molecular weight is 287 g/mol. The fourth-order valence-corrected chi connectivity index (χ4v) is 2.04. The van der Waals surface area contributed by atoms with Crippen LogP contribution in [-0.4, -0.2) is 18.0 Å². The molecular formula is C14H20ClFN2O. The molecule has 1 aliphatic carbocycles. The second-order valence-electron chi connectivity index (χ2n) is 5.58. The Kier molecular flexibility index (Phi) is 4.93. The van der Waals surface area contributed by atoms with E-state index in [0.717, 1.165) is 12.0 Å². The number of nitrogens with two attached hydrogens (primary N) is 1. The lowest BCUT2D eigenvalue weighted by molar-refractivity contribution is -0.123. The third-order valence-electron chi connectivity index (χ3n) is 3.40. The highest BCUT2D eigenvalue weighted by atomic mass is 35.5. The molecule has 0 bridgehead atoms. The van der Waals surface area contributed by atoms with E-state index in [0.29, 0.717) is 6.54 Å². The molecule has 5 heteroatoms. The molecule has 1 saturated carbocycles. The van der Waals surface area contributed by atoms with E-state index in [-0.39, 0.29) is 41.5 Å². The Morgan fingerprint density at radius 3 is 2.53 bits per heavy atom. The number of hydrogen-bond acceptors (Lipinski definition) is 2. The van der Waals surface area contributed by atoms with E-state index in [1.165, 1.54) is 12.1 Å². The Hall–Kier alpha value is -1.13. The normalized spacial score (nSPS) is 21.5. The average Bonchev–Trinajstić information content (AvgIpc) is 3.09. The van der Waals surface area contributed by atoms with Crippen LogP contribution in [0.3, 0.4) is 0 Å². The lowest BCUT2D eigenvalue weighted by Gasteiger charge is -2.24. The predicted octanol–water partition coefficient (Wildman–Crippen LogP) is 2.20. The molecule has 0 aromatic heterocycles. The Morgan fingerprint density at radius 2 is 2.00 bits per heavy atom. The van der Waals surface area contributed by atoms with E-state index < -0.39 is 0 Å². The third kappa shape index (κ3) is 3.91. The summed E-state index contributed by atoms with van der Waals surface area (Å²) < 4.78 is 12.8. The van der Waals surface area contributed by atoms with Gasteiger partial charge in [-0.05, 0) is 43.9 Å². The largest absolute Gasteiger partial charge is 0.350 e. The van der Waals surface area contributed by atoms with Gasteiger partial charge in [-0.3, -0.25) is 4.79 Å². The van der Waals surface area contributed by atoms with Crippen LogP contribution in [0.5, 0.6) is 0 Å².